The number of aromatic nitrogens is 2. The molecule has 1 aromatic rings. The minimum Gasteiger partial charge on any atom is -0.338 e. The topological polar surface area (TPSA) is 43.8 Å². The van der Waals surface area contributed by atoms with E-state index in [0.717, 1.165) is 31.1 Å². The van der Waals surface area contributed by atoms with Crippen molar-refractivity contribution in [2.24, 2.45) is 24.6 Å². The summed E-state index contributed by atoms with van der Waals surface area (Å²) in [5.41, 5.74) is 5.77. The van der Waals surface area contributed by atoms with Gasteiger partial charge in [0.25, 0.3) is 0 Å². The van der Waals surface area contributed by atoms with Crippen molar-refractivity contribution in [1.29, 1.82) is 0 Å². The normalized spacial score (nSPS) is 13.4. The van der Waals surface area contributed by atoms with E-state index in [9.17, 15) is 0 Å². The van der Waals surface area contributed by atoms with Gasteiger partial charge in [-0.3, -0.25) is 0 Å². The van der Waals surface area contributed by atoms with Crippen LogP contribution in [0.15, 0.2) is 12.4 Å². The molecular formula is C12H23N3. The summed E-state index contributed by atoms with van der Waals surface area (Å²) in [6.07, 6.45) is 7.27. The Morgan fingerprint density at radius 1 is 1.47 bits per heavy atom. The summed E-state index contributed by atoms with van der Waals surface area (Å²) in [6, 6.07) is 0. The summed E-state index contributed by atoms with van der Waals surface area (Å²) in [5, 5.41) is 0. The molecule has 1 aromatic heterocycles. The molecule has 0 aliphatic carbocycles. The van der Waals surface area contributed by atoms with Gasteiger partial charge >= 0.3 is 0 Å². The van der Waals surface area contributed by atoms with Gasteiger partial charge in [0.05, 0.1) is 0 Å². The second kappa shape index (κ2) is 5.91. The molecular weight excluding hydrogens is 186 g/mol. The van der Waals surface area contributed by atoms with E-state index < -0.39 is 0 Å². The molecule has 0 radical (unpaired) electrons. The second-order valence-corrected chi connectivity index (χ2v) is 4.72. The highest BCUT2D eigenvalue weighted by Gasteiger charge is 2.10. The number of hydrogen-bond acceptors (Lipinski definition) is 2. The van der Waals surface area contributed by atoms with Crippen molar-refractivity contribution in [2.45, 2.75) is 33.1 Å². The average molecular weight is 209 g/mol. The lowest BCUT2D eigenvalue weighted by atomic mass is 9.93. The highest BCUT2D eigenvalue weighted by atomic mass is 15.0. The fourth-order valence-corrected chi connectivity index (χ4v) is 1.97. The second-order valence-electron chi connectivity index (χ2n) is 4.72. The molecule has 1 heterocycles. The lowest BCUT2D eigenvalue weighted by Gasteiger charge is -2.16. The Bertz CT molecular complexity index is 278. The molecule has 3 heteroatoms. The molecule has 0 aromatic carbocycles. The van der Waals surface area contributed by atoms with E-state index in [1.165, 1.54) is 6.42 Å². The van der Waals surface area contributed by atoms with Crippen molar-refractivity contribution in [3.63, 3.8) is 0 Å². The Kier molecular flexibility index (Phi) is 4.82. The molecule has 1 rings (SSSR count). The van der Waals surface area contributed by atoms with Crippen molar-refractivity contribution in [3.05, 3.63) is 18.2 Å². The summed E-state index contributed by atoms with van der Waals surface area (Å²) in [5.74, 6) is 2.54. The van der Waals surface area contributed by atoms with Crippen molar-refractivity contribution < 1.29 is 0 Å². The molecule has 0 amide bonds. The Morgan fingerprint density at radius 2 is 2.20 bits per heavy atom. The molecule has 0 aliphatic rings. The molecule has 2 N–H and O–H groups in total. The maximum atomic E-state index is 5.77. The van der Waals surface area contributed by atoms with Gasteiger partial charge in [0.15, 0.2) is 0 Å². The maximum Gasteiger partial charge on any atom is 0.108 e. The van der Waals surface area contributed by atoms with Gasteiger partial charge in [-0.15, -0.1) is 0 Å². The van der Waals surface area contributed by atoms with Crippen LogP contribution in [0.3, 0.4) is 0 Å². The lowest BCUT2D eigenvalue weighted by Crippen LogP contribution is -2.17. The Morgan fingerprint density at radius 3 is 2.67 bits per heavy atom. The van der Waals surface area contributed by atoms with Gasteiger partial charge in [0.2, 0.25) is 0 Å². The zero-order valence-corrected chi connectivity index (χ0v) is 10.1. The fraction of sp³-hybridized carbons (Fsp3) is 0.750. The minimum absolute atomic E-state index is 0.640. The summed E-state index contributed by atoms with van der Waals surface area (Å²) in [7, 11) is 2.04. The van der Waals surface area contributed by atoms with Crippen LogP contribution in [0.1, 0.15) is 32.5 Å². The molecule has 0 aliphatic heterocycles. The number of hydrogen-bond donors (Lipinski definition) is 1. The van der Waals surface area contributed by atoms with Crippen LogP contribution in [0.2, 0.25) is 0 Å². The van der Waals surface area contributed by atoms with Crippen molar-refractivity contribution >= 4 is 0 Å². The van der Waals surface area contributed by atoms with E-state index in [2.05, 4.69) is 23.4 Å². The first kappa shape index (κ1) is 12.2. The minimum atomic E-state index is 0.640. The van der Waals surface area contributed by atoms with Crippen molar-refractivity contribution in [2.75, 3.05) is 6.54 Å². The number of nitrogens with zero attached hydrogens (tertiary/aromatic N) is 2. The standard InChI is InChI=1S/C12H23N3/c1-10(2)8-11(9-13)4-5-12-14-6-7-15(12)3/h6-7,10-11H,4-5,8-9,13H2,1-3H3. The van der Waals surface area contributed by atoms with Gasteiger partial charge in [0.1, 0.15) is 5.82 Å². The smallest absolute Gasteiger partial charge is 0.108 e. The summed E-state index contributed by atoms with van der Waals surface area (Å²) < 4.78 is 2.09. The molecule has 0 fully saturated rings. The first-order valence-electron chi connectivity index (χ1n) is 5.79. The maximum absolute atomic E-state index is 5.77. The average Bonchev–Trinajstić information content (AvgIpc) is 2.58. The third-order valence-electron chi connectivity index (χ3n) is 2.84. The third kappa shape index (κ3) is 4.04. The van der Waals surface area contributed by atoms with Crippen LogP contribution in [-0.2, 0) is 13.5 Å². The summed E-state index contributed by atoms with van der Waals surface area (Å²) in [4.78, 5) is 4.32. The van der Waals surface area contributed by atoms with E-state index in [1.807, 2.05) is 19.4 Å². The molecule has 15 heavy (non-hydrogen) atoms. The monoisotopic (exact) mass is 209 g/mol. The third-order valence-corrected chi connectivity index (χ3v) is 2.84. The quantitative estimate of drug-likeness (QED) is 0.778. The highest BCUT2D eigenvalue weighted by molar-refractivity contribution is 4.91. The van der Waals surface area contributed by atoms with Crippen LogP contribution in [-0.4, -0.2) is 16.1 Å². The van der Waals surface area contributed by atoms with Gasteiger partial charge in [-0.1, -0.05) is 13.8 Å². The fourth-order valence-electron chi connectivity index (χ4n) is 1.97. The Labute approximate surface area is 92.7 Å². The zero-order valence-electron chi connectivity index (χ0n) is 10.1. The molecule has 86 valence electrons. The first-order valence-corrected chi connectivity index (χ1v) is 5.79. The first-order chi connectivity index (χ1) is 7.13. The predicted octanol–water partition coefficient (Wildman–Crippen LogP) is 1.97. The van der Waals surface area contributed by atoms with Crippen LogP contribution in [0.25, 0.3) is 0 Å². The van der Waals surface area contributed by atoms with Gasteiger partial charge in [-0.2, -0.15) is 0 Å². The number of aryl methyl sites for hydroxylation is 2. The molecule has 0 saturated heterocycles. The lowest BCUT2D eigenvalue weighted by molar-refractivity contribution is 0.390. The van der Waals surface area contributed by atoms with Crippen molar-refractivity contribution in [1.82, 2.24) is 9.55 Å². The molecule has 1 unspecified atom stereocenters. The van der Waals surface area contributed by atoms with E-state index in [0.29, 0.717) is 5.92 Å². The van der Waals surface area contributed by atoms with E-state index in [4.69, 9.17) is 5.73 Å². The largest absolute Gasteiger partial charge is 0.338 e. The van der Waals surface area contributed by atoms with Crippen LogP contribution < -0.4 is 5.73 Å². The molecule has 1 atom stereocenters. The number of nitrogens with two attached hydrogens (primary N) is 1. The number of imidazole rings is 1. The SMILES string of the molecule is CC(C)CC(CN)CCc1nccn1C. The van der Waals surface area contributed by atoms with E-state index in [1.54, 1.807) is 0 Å². The zero-order chi connectivity index (χ0) is 11.3. The summed E-state index contributed by atoms with van der Waals surface area (Å²) >= 11 is 0. The Balaban J connectivity index is 2.37. The van der Waals surface area contributed by atoms with E-state index in [-0.39, 0.29) is 0 Å². The molecule has 0 saturated carbocycles. The van der Waals surface area contributed by atoms with Gasteiger partial charge in [-0.05, 0) is 31.2 Å². The predicted molar refractivity (Wildman–Crippen MR) is 63.5 cm³/mol. The van der Waals surface area contributed by atoms with Crippen LogP contribution in [0.5, 0.6) is 0 Å². The van der Waals surface area contributed by atoms with E-state index >= 15 is 0 Å². The summed E-state index contributed by atoms with van der Waals surface area (Å²) in [6.45, 7) is 5.30. The number of rotatable bonds is 6. The van der Waals surface area contributed by atoms with Crippen LogP contribution >= 0.6 is 0 Å². The Hall–Kier alpha value is -0.830. The van der Waals surface area contributed by atoms with Crippen LogP contribution in [0.4, 0.5) is 0 Å². The van der Waals surface area contributed by atoms with Gasteiger partial charge in [0, 0.05) is 25.9 Å². The van der Waals surface area contributed by atoms with Gasteiger partial charge in [-0.25, -0.2) is 4.98 Å². The molecule has 0 spiro atoms. The van der Waals surface area contributed by atoms with Gasteiger partial charge < -0.3 is 10.3 Å². The highest BCUT2D eigenvalue weighted by Crippen LogP contribution is 2.16. The van der Waals surface area contributed by atoms with Crippen LogP contribution in [0, 0.1) is 11.8 Å². The van der Waals surface area contributed by atoms with Crippen molar-refractivity contribution in [3.8, 4) is 0 Å². The molecule has 0 bridgehead atoms. The molecule has 3 nitrogen and oxygen atoms in total.